The second kappa shape index (κ2) is 12.3. The molecule has 4 rings (SSSR count). The van der Waals surface area contributed by atoms with Crippen LogP contribution in [0.5, 0.6) is 11.6 Å². The number of benzene rings is 2. The average Bonchev–Trinajstić information content (AvgIpc) is 3.34. The number of aromatic nitrogens is 2. The van der Waals surface area contributed by atoms with Gasteiger partial charge in [-0.2, -0.15) is 0 Å². The number of carbonyl (C=O) groups is 2. The second-order valence-corrected chi connectivity index (χ2v) is 12.8. The van der Waals surface area contributed by atoms with Crippen molar-refractivity contribution in [3.8, 4) is 11.6 Å². The van der Waals surface area contributed by atoms with Crippen LogP contribution >= 0.6 is 0 Å². The number of rotatable bonds is 11. The Morgan fingerprint density at radius 1 is 1.10 bits per heavy atom. The van der Waals surface area contributed by atoms with Gasteiger partial charge in [-0.3, -0.25) is 13.8 Å². The fraction of sp³-hybridized carbons (Fsp3) is 0.433. The Morgan fingerprint density at radius 2 is 1.83 bits per heavy atom. The number of ether oxygens (including phenoxy) is 3. The first-order valence-electron chi connectivity index (χ1n) is 13.6. The van der Waals surface area contributed by atoms with Crippen molar-refractivity contribution in [2.24, 2.45) is 0 Å². The molecule has 0 spiro atoms. The van der Waals surface area contributed by atoms with Gasteiger partial charge in [0.1, 0.15) is 29.8 Å². The van der Waals surface area contributed by atoms with Gasteiger partial charge in [0.2, 0.25) is 0 Å². The lowest BCUT2D eigenvalue weighted by atomic mass is 10.1. The number of anilines is 1. The van der Waals surface area contributed by atoms with E-state index in [4.69, 9.17) is 14.2 Å². The van der Waals surface area contributed by atoms with Gasteiger partial charge in [-0.05, 0) is 64.3 Å². The average molecular weight is 584 g/mol. The summed E-state index contributed by atoms with van der Waals surface area (Å²) in [7, 11) is -4.20. The third kappa shape index (κ3) is 7.66. The van der Waals surface area contributed by atoms with Crippen LogP contribution in [-0.2, 0) is 43.9 Å². The summed E-state index contributed by atoms with van der Waals surface area (Å²) in [6, 6.07) is 14.4. The number of esters is 1. The molecule has 0 fully saturated rings. The summed E-state index contributed by atoms with van der Waals surface area (Å²) in [4.78, 5) is 24.1. The molecule has 11 heteroatoms. The maximum atomic E-state index is 14.3. The van der Waals surface area contributed by atoms with Crippen LogP contribution in [-0.4, -0.2) is 48.2 Å². The minimum absolute atomic E-state index is 0.00561. The minimum Gasteiger partial charge on any atom is -0.486 e. The number of fused-ring (bicyclic) bond motifs is 1. The molecule has 2 aromatic carbocycles. The molecule has 1 atom stereocenters. The molecular formula is C30H37N3O7S. The Hall–Kier alpha value is -3.86. The van der Waals surface area contributed by atoms with Crippen LogP contribution in [0.25, 0.3) is 0 Å². The molecule has 0 radical (unpaired) electrons. The highest BCUT2D eigenvalue weighted by Crippen LogP contribution is 2.40. The molecule has 0 unspecified atom stereocenters. The zero-order valence-corrected chi connectivity index (χ0v) is 24.9. The summed E-state index contributed by atoms with van der Waals surface area (Å²) >= 11 is 0. The molecule has 10 nitrogen and oxygen atoms in total. The summed E-state index contributed by atoms with van der Waals surface area (Å²) in [5, 5.41) is 4.38. The molecule has 2 heterocycles. The summed E-state index contributed by atoms with van der Waals surface area (Å²) in [5.74, 6) is -0.101. The van der Waals surface area contributed by atoms with E-state index in [0.29, 0.717) is 30.0 Å². The van der Waals surface area contributed by atoms with Crippen LogP contribution in [0.1, 0.15) is 58.6 Å². The van der Waals surface area contributed by atoms with Crippen LogP contribution in [0, 0.1) is 0 Å². The van der Waals surface area contributed by atoms with Crippen molar-refractivity contribution in [2.75, 3.05) is 10.8 Å². The van der Waals surface area contributed by atoms with E-state index in [2.05, 4.69) is 5.10 Å². The largest absolute Gasteiger partial charge is 0.486 e. The Kier molecular flexibility index (Phi) is 9.06. The molecule has 0 bridgehead atoms. The molecule has 0 saturated heterocycles. The Balaban J connectivity index is 1.71. The number of ketones is 1. The quantitative estimate of drug-likeness (QED) is 0.299. The molecule has 41 heavy (non-hydrogen) atoms. The molecule has 1 aliphatic heterocycles. The molecule has 0 saturated carbocycles. The van der Waals surface area contributed by atoms with Crippen molar-refractivity contribution in [1.82, 2.24) is 9.78 Å². The summed E-state index contributed by atoms with van der Waals surface area (Å²) in [6.45, 7) is 9.27. The summed E-state index contributed by atoms with van der Waals surface area (Å²) < 4.78 is 48.9. The summed E-state index contributed by atoms with van der Waals surface area (Å²) in [6.07, 6.45) is 1.48. The number of hydrogen-bond acceptors (Lipinski definition) is 8. The van der Waals surface area contributed by atoms with E-state index >= 15 is 0 Å². The van der Waals surface area contributed by atoms with Crippen LogP contribution in [0.2, 0.25) is 0 Å². The topological polar surface area (TPSA) is 117 Å². The van der Waals surface area contributed by atoms with Gasteiger partial charge in [-0.25, -0.2) is 8.42 Å². The van der Waals surface area contributed by atoms with Gasteiger partial charge in [-0.15, -0.1) is 5.10 Å². The fourth-order valence-electron chi connectivity index (χ4n) is 4.42. The summed E-state index contributed by atoms with van der Waals surface area (Å²) in [5.41, 5.74) is 1.09. The third-order valence-corrected chi connectivity index (χ3v) is 8.11. The maximum absolute atomic E-state index is 14.3. The van der Waals surface area contributed by atoms with E-state index in [1.807, 2.05) is 37.3 Å². The van der Waals surface area contributed by atoms with E-state index in [9.17, 15) is 18.0 Å². The highest BCUT2D eigenvalue weighted by Gasteiger charge is 2.38. The van der Waals surface area contributed by atoms with Gasteiger partial charge in [0, 0.05) is 19.2 Å². The fourth-order valence-corrected chi connectivity index (χ4v) is 6.00. The highest BCUT2D eigenvalue weighted by molar-refractivity contribution is 7.93. The number of carbonyl (C=O) groups excluding carboxylic acids is 2. The first-order valence-corrected chi connectivity index (χ1v) is 15.1. The first-order chi connectivity index (χ1) is 19.4. The van der Waals surface area contributed by atoms with Crippen molar-refractivity contribution in [1.29, 1.82) is 0 Å². The monoisotopic (exact) mass is 583 g/mol. The first kappa shape index (κ1) is 30.1. The van der Waals surface area contributed by atoms with Crippen molar-refractivity contribution in [3.63, 3.8) is 0 Å². The van der Waals surface area contributed by atoms with Crippen LogP contribution in [0.3, 0.4) is 0 Å². The normalized spacial score (nSPS) is 15.1. The van der Waals surface area contributed by atoms with Gasteiger partial charge in [0.25, 0.3) is 15.9 Å². The van der Waals surface area contributed by atoms with E-state index in [0.717, 1.165) is 5.56 Å². The number of nitrogens with zero attached hydrogens (tertiary/aromatic N) is 3. The lowest BCUT2D eigenvalue weighted by Crippen LogP contribution is -2.43. The number of aryl methyl sites for hydroxylation is 1. The molecular weight excluding hydrogens is 546 g/mol. The van der Waals surface area contributed by atoms with E-state index in [1.54, 1.807) is 39.0 Å². The zero-order chi connectivity index (χ0) is 29.8. The molecule has 1 aromatic heterocycles. The van der Waals surface area contributed by atoms with Crippen molar-refractivity contribution in [3.05, 3.63) is 65.9 Å². The Labute approximate surface area is 241 Å². The third-order valence-electron chi connectivity index (χ3n) is 6.35. The van der Waals surface area contributed by atoms with Gasteiger partial charge < -0.3 is 19.0 Å². The lowest BCUT2D eigenvalue weighted by molar-refractivity contribution is -0.153. The molecule has 1 aliphatic rings. The van der Waals surface area contributed by atoms with E-state index in [-0.39, 0.29) is 42.6 Å². The number of hydrogen-bond donors (Lipinski definition) is 0. The zero-order valence-electron chi connectivity index (χ0n) is 24.1. The van der Waals surface area contributed by atoms with Gasteiger partial charge in [0.05, 0.1) is 18.7 Å². The van der Waals surface area contributed by atoms with Gasteiger partial charge in [-0.1, -0.05) is 36.4 Å². The minimum atomic E-state index is -4.20. The standard InChI is InChI=1S/C30H37N3O7S/c1-6-32-19-27(29(31-32)38-20-22-10-8-7-9-11-22)41(36,37)33-18-24(14-12-21(2)34)39-26-15-13-23(16-25(26)33)17-28(35)40-30(3,4)5/h7-11,13,15-16,19,24H,6,12,14,17-18,20H2,1-5H3/t24-/m0/s1. The Bertz CT molecular complexity index is 1490. The second-order valence-electron chi connectivity index (χ2n) is 11.0. The maximum Gasteiger partial charge on any atom is 0.310 e. The predicted octanol–water partition coefficient (Wildman–Crippen LogP) is 4.69. The SMILES string of the molecule is CCn1cc(S(=O)(=O)N2C[C@H](CCC(C)=O)Oc3ccc(CC(=O)OC(C)(C)C)cc32)c(OCc2ccccc2)n1. The van der Waals surface area contributed by atoms with Crippen molar-refractivity contribution in [2.45, 2.75) is 83.6 Å². The van der Waals surface area contributed by atoms with Gasteiger partial charge in [0.15, 0.2) is 4.90 Å². The molecule has 220 valence electrons. The van der Waals surface area contributed by atoms with Crippen molar-refractivity contribution >= 4 is 27.5 Å². The van der Waals surface area contributed by atoms with E-state index in [1.165, 1.54) is 22.1 Å². The molecule has 0 amide bonds. The highest BCUT2D eigenvalue weighted by atomic mass is 32.2. The van der Waals surface area contributed by atoms with Crippen LogP contribution < -0.4 is 13.8 Å². The lowest BCUT2D eigenvalue weighted by Gasteiger charge is -2.35. The van der Waals surface area contributed by atoms with Crippen LogP contribution in [0.4, 0.5) is 5.69 Å². The number of sulfonamides is 1. The van der Waals surface area contributed by atoms with E-state index < -0.39 is 27.7 Å². The number of Topliss-reactive ketones (excluding diaryl/α,β-unsaturated/α-hetero) is 1. The molecule has 3 aromatic rings. The van der Waals surface area contributed by atoms with Crippen LogP contribution in [0.15, 0.2) is 59.6 Å². The molecule has 0 aliphatic carbocycles. The Morgan fingerprint density at radius 3 is 2.49 bits per heavy atom. The van der Waals surface area contributed by atoms with Crippen molar-refractivity contribution < 1.29 is 32.2 Å². The smallest absolute Gasteiger partial charge is 0.310 e. The van der Waals surface area contributed by atoms with Gasteiger partial charge >= 0.3 is 5.97 Å². The molecule has 0 N–H and O–H groups in total. The predicted molar refractivity (Wildman–Crippen MR) is 154 cm³/mol.